The van der Waals surface area contributed by atoms with Crippen LogP contribution < -0.4 is 10.5 Å². The van der Waals surface area contributed by atoms with Crippen LogP contribution in [-0.4, -0.2) is 56.4 Å². The second-order valence-electron chi connectivity index (χ2n) is 6.84. The summed E-state index contributed by atoms with van der Waals surface area (Å²) in [5.41, 5.74) is 0.258. The Morgan fingerprint density at radius 3 is 2.57 bits per heavy atom. The van der Waals surface area contributed by atoms with Gasteiger partial charge in [-0.3, -0.25) is 24.3 Å². The van der Waals surface area contributed by atoms with E-state index in [1.165, 1.54) is 23.2 Å². The summed E-state index contributed by atoms with van der Waals surface area (Å²) in [4.78, 5) is 47.7. The molecule has 0 unspecified atom stereocenters. The second-order valence-corrected chi connectivity index (χ2v) is 7.75. The lowest BCUT2D eigenvalue weighted by atomic mass is 10.2. The Balaban J connectivity index is 1.41. The van der Waals surface area contributed by atoms with E-state index < -0.39 is 4.92 Å². The van der Waals surface area contributed by atoms with E-state index in [2.05, 4.69) is 25.9 Å². The maximum Gasteiger partial charge on any atom is 0.287 e. The summed E-state index contributed by atoms with van der Waals surface area (Å²) in [5, 5.41) is 11.2. The van der Waals surface area contributed by atoms with Crippen LogP contribution in [0.1, 0.15) is 0 Å². The zero-order chi connectivity index (χ0) is 21.3. The van der Waals surface area contributed by atoms with E-state index in [9.17, 15) is 19.7 Å². The van der Waals surface area contributed by atoms with E-state index in [-0.39, 0.29) is 23.7 Å². The molecule has 0 radical (unpaired) electrons. The van der Waals surface area contributed by atoms with E-state index in [4.69, 9.17) is 0 Å². The van der Waals surface area contributed by atoms with Gasteiger partial charge < -0.3 is 9.80 Å². The summed E-state index contributed by atoms with van der Waals surface area (Å²) in [5.74, 6) is 0.470. The summed E-state index contributed by atoms with van der Waals surface area (Å²) in [6, 6.07) is 8.27. The highest BCUT2D eigenvalue weighted by Crippen LogP contribution is 2.18. The molecule has 0 N–H and O–H groups in total. The predicted octanol–water partition coefficient (Wildman–Crippen LogP) is 1.81. The third kappa shape index (κ3) is 4.01. The fraction of sp³-hybridized carbons (Fsp3) is 0.263. The summed E-state index contributed by atoms with van der Waals surface area (Å²) >= 11 is 3.35. The number of anilines is 1. The molecule has 154 valence electrons. The van der Waals surface area contributed by atoms with Crippen molar-refractivity contribution in [3.05, 3.63) is 67.8 Å². The number of hydrogen-bond acceptors (Lipinski definition) is 7. The van der Waals surface area contributed by atoms with Crippen LogP contribution >= 0.6 is 15.9 Å². The number of benzene rings is 1. The Labute approximate surface area is 179 Å². The zero-order valence-corrected chi connectivity index (χ0v) is 17.4. The maximum atomic E-state index is 12.7. The molecule has 1 aromatic carbocycles. The molecule has 1 aliphatic heterocycles. The third-order valence-corrected chi connectivity index (χ3v) is 5.48. The number of halogens is 1. The van der Waals surface area contributed by atoms with Crippen LogP contribution in [0.5, 0.6) is 0 Å². The van der Waals surface area contributed by atoms with Gasteiger partial charge in [-0.05, 0) is 24.3 Å². The molecule has 0 spiro atoms. The Morgan fingerprint density at radius 2 is 1.90 bits per heavy atom. The first-order valence-corrected chi connectivity index (χ1v) is 9.99. The van der Waals surface area contributed by atoms with Gasteiger partial charge in [0.1, 0.15) is 18.6 Å². The smallest absolute Gasteiger partial charge is 0.287 e. The Hall–Kier alpha value is -3.34. The maximum absolute atomic E-state index is 12.7. The van der Waals surface area contributed by atoms with E-state index in [0.717, 1.165) is 4.47 Å². The molecule has 0 aliphatic carbocycles. The first-order valence-electron chi connectivity index (χ1n) is 9.20. The van der Waals surface area contributed by atoms with Gasteiger partial charge in [-0.25, -0.2) is 9.97 Å². The molecular formula is C19H17BrN6O4. The molecular weight excluding hydrogens is 456 g/mol. The van der Waals surface area contributed by atoms with Crippen molar-refractivity contribution in [2.75, 3.05) is 31.1 Å². The number of pyridine rings is 1. The standard InChI is InChI=1S/C19H17BrN6O4/c20-13-1-3-16-15(9-13)19(28)25(12-22-16)11-18(27)24-7-5-23(6-8-24)17-4-2-14(10-21-17)26(29)30/h1-4,9-10,12H,5-8,11H2. The van der Waals surface area contributed by atoms with Crippen LogP contribution in [0.3, 0.4) is 0 Å². The molecule has 10 nitrogen and oxygen atoms in total. The van der Waals surface area contributed by atoms with Gasteiger partial charge in [-0.1, -0.05) is 15.9 Å². The van der Waals surface area contributed by atoms with Gasteiger partial charge in [0.15, 0.2) is 0 Å². The van der Waals surface area contributed by atoms with Gasteiger partial charge in [0.25, 0.3) is 11.2 Å². The molecule has 11 heteroatoms. The van der Waals surface area contributed by atoms with E-state index in [1.54, 1.807) is 23.1 Å². The van der Waals surface area contributed by atoms with Crippen LogP contribution in [0.4, 0.5) is 11.5 Å². The van der Waals surface area contributed by atoms with Crippen molar-refractivity contribution in [1.29, 1.82) is 0 Å². The number of carbonyl (C=O) groups excluding carboxylic acids is 1. The third-order valence-electron chi connectivity index (χ3n) is 4.99. The molecule has 0 atom stereocenters. The first kappa shape index (κ1) is 20.0. The van der Waals surface area contributed by atoms with E-state index >= 15 is 0 Å². The van der Waals surface area contributed by atoms with Gasteiger partial charge in [0.05, 0.1) is 22.2 Å². The number of aromatic nitrogens is 3. The molecule has 3 aromatic rings. The Bertz CT molecular complexity index is 1170. The molecule has 1 fully saturated rings. The lowest BCUT2D eigenvalue weighted by molar-refractivity contribution is -0.385. The van der Waals surface area contributed by atoms with Crippen LogP contribution in [0, 0.1) is 10.1 Å². The first-order chi connectivity index (χ1) is 14.4. The number of piperazine rings is 1. The number of nitrogens with zero attached hydrogens (tertiary/aromatic N) is 6. The number of fused-ring (bicyclic) bond motifs is 1. The average molecular weight is 473 g/mol. The number of nitro groups is 1. The van der Waals surface area contributed by atoms with Crippen molar-refractivity contribution in [3.8, 4) is 0 Å². The van der Waals surface area contributed by atoms with Gasteiger partial charge in [-0.2, -0.15) is 0 Å². The van der Waals surface area contributed by atoms with Gasteiger partial charge in [0.2, 0.25) is 5.91 Å². The van der Waals surface area contributed by atoms with Gasteiger partial charge in [-0.15, -0.1) is 0 Å². The molecule has 1 saturated heterocycles. The molecule has 2 aromatic heterocycles. The lowest BCUT2D eigenvalue weighted by Crippen LogP contribution is -2.50. The number of amides is 1. The van der Waals surface area contributed by atoms with Crippen LogP contribution in [-0.2, 0) is 11.3 Å². The predicted molar refractivity (Wildman–Crippen MR) is 113 cm³/mol. The molecule has 4 rings (SSSR count). The average Bonchev–Trinajstić information content (AvgIpc) is 2.76. The summed E-state index contributed by atoms with van der Waals surface area (Å²) in [6.45, 7) is 1.96. The molecule has 30 heavy (non-hydrogen) atoms. The van der Waals surface area contributed by atoms with Crippen LogP contribution in [0.2, 0.25) is 0 Å². The number of hydrogen-bond donors (Lipinski definition) is 0. The molecule has 1 amide bonds. The number of rotatable bonds is 4. The normalized spacial score (nSPS) is 14.2. The fourth-order valence-corrected chi connectivity index (χ4v) is 3.71. The van der Waals surface area contributed by atoms with Crippen molar-refractivity contribution in [2.45, 2.75) is 6.54 Å². The quantitative estimate of drug-likeness (QED) is 0.419. The van der Waals surface area contributed by atoms with E-state index in [1.807, 2.05) is 11.0 Å². The SMILES string of the molecule is O=C(Cn1cnc2ccc(Br)cc2c1=O)N1CCN(c2ccc([N+](=O)[O-])cn2)CC1. The minimum absolute atomic E-state index is 0.0611. The second kappa shape index (κ2) is 8.19. The minimum Gasteiger partial charge on any atom is -0.353 e. The van der Waals surface area contributed by atoms with Crippen molar-refractivity contribution >= 4 is 44.2 Å². The number of carbonyl (C=O) groups is 1. The van der Waals surface area contributed by atoms with Crippen LogP contribution in [0.15, 0.2) is 52.1 Å². The summed E-state index contributed by atoms with van der Waals surface area (Å²) in [7, 11) is 0. The highest BCUT2D eigenvalue weighted by atomic mass is 79.9. The molecule has 0 saturated carbocycles. The van der Waals surface area contributed by atoms with Crippen molar-refractivity contribution in [1.82, 2.24) is 19.4 Å². The fourth-order valence-electron chi connectivity index (χ4n) is 3.35. The monoisotopic (exact) mass is 472 g/mol. The minimum atomic E-state index is -0.490. The molecule has 0 bridgehead atoms. The largest absolute Gasteiger partial charge is 0.353 e. The molecule has 3 heterocycles. The van der Waals surface area contributed by atoms with Crippen molar-refractivity contribution < 1.29 is 9.72 Å². The highest BCUT2D eigenvalue weighted by Gasteiger charge is 2.23. The summed E-state index contributed by atoms with van der Waals surface area (Å²) < 4.78 is 2.09. The lowest BCUT2D eigenvalue weighted by Gasteiger charge is -2.35. The Kier molecular flexibility index (Phi) is 5.44. The van der Waals surface area contributed by atoms with Crippen molar-refractivity contribution in [3.63, 3.8) is 0 Å². The topological polar surface area (TPSA) is 114 Å². The van der Waals surface area contributed by atoms with Crippen LogP contribution in [0.25, 0.3) is 10.9 Å². The summed E-state index contributed by atoms with van der Waals surface area (Å²) in [6.07, 6.45) is 2.62. The highest BCUT2D eigenvalue weighted by molar-refractivity contribution is 9.10. The van der Waals surface area contributed by atoms with Gasteiger partial charge in [0, 0.05) is 36.7 Å². The Morgan fingerprint density at radius 1 is 1.13 bits per heavy atom. The van der Waals surface area contributed by atoms with Gasteiger partial charge >= 0.3 is 0 Å². The van der Waals surface area contributed by atoms with E-state index in [0.29, 0.717) is 42.9 Å². The molecule has 1 aliphatic rings. The van der Waals surface area contributed by atoms with Crippen molar-refractivity contribution in [2.24, 2.45) is 0 Å². The zero-order valence-electron chi connectivity index (χ0n) is 15.8.